The molecule has 1 saturated carbocycles. The minimum absolute atomic E-state index is 0.666. The number of unbranched alkanes of at least 4 members (excludes halogenated alkanes) is 1. The maximum Gasteiger partial charge on any atom is 0.0129 e. The predicted octanol–water partition coefficient (Wildman–Crippen LogP) is 4.54. The van der Waals surface area contributed by atoms with Crippen LogP contribution in [0.4, 0.5) is 0 Å². The maximum absolute atomic E-state index is 4.05. The van der Waals surface area contributed by atoms with Gasteiger partial charge in [0.15, 0.2) is 0 Å². The van der Waals surface area contributed by atoms with E-state index in [1.807, 2.05) is 0 Å². The van der Waals surface area contributed by atoms with Gasteiger partial charge in [-0.25, -0.2) is 0 Å². The average molecular weight is 237 g/mol. The summed E-state index contributed by atoms with van der Waals surface area (Å²) in [5.41, 5.74) is 1.32. The largest absolute Gasteiger partial charge is 0.316 e. The summed E-state index contributed by atoms with van der Waals surface area (Å²) in [6.45, 7) is 8.50. The third kappa shape index (κ3) is 5.25. The van der Waals surface area contributed by atoms with E-state index in [2.05, 4.69) is 32.8 Å². The van der Waals surface area contributed by atoms with Crippen LogP contribution in [0.25, 0.3) is 0 Å². The van der Waals surface area contributed by atoms with E-state index in [1.165, 1.54) is 50.5 Å². The Hall–Kier alpha value is -0.300. The molecule has 0 amide bonds. The molecule has 0 aromatic rings. The van der Waals surface area contributed by atoms with Gasteiger partial charge in [0.2, 0.25) is 0 Å². The standard InChI is InChI=1S/C16H31N/c1-5-6-7-14-8-10-15(11-9-14)16(17-4)12-13(2)3/h14-17H,2,5-12H2,1,3-4H3. The fourth-order valence-corrected chi connectivity index (χ4v) is 3.25. The fraction of sp³-hybridized carbons (Fsp3) is 0.875. The van der Waals surface area contributed by atoms with Crippen molar-refractivity contribution in [2.75, 3.05) is 7.05 Å². The van der Waals surface area contributed by atoms with Gasteiger partial charge in [-0.3, -0.25) is 0 Å². The quantitative estimate of drug-likeness (QED) is 0.641. The van der Waals surface area contributed by atoms with Crippen molar-refractivity contribution in [1.29, 1.82) is 0 Å². The highest BCUT2D eigenvalue weighted by molar-refractivity contribution is 4.95. The molecule has 100 valence electrons. The van der Waals surface area contributed by atoms with Crippen LogP contribution in [-0.4, -0.2) is 13.1 Å². The van der Waals surface area contributed by atoms with Crippen LogP contribution in [0.3, 0.4) is 0 Å². The highest BCUT2D eigenvalue weighted by Crippen LogP contribution is 2.34. The van der Waals surface area contributed by atoms with E-state index in [0.717, 1.165) is 18.3 Å². The fourth-order valence-electron chi connectivity index (χ4n) is 3.25. The molecule has 17 heavy (non-hydrogen) atoms. The van der Waals surface area contributed by atoms with Crippen molar-refractivity contribution in [2.45, 2.75) is 71.3 Å². The third-order valence-corrected chi connectivity index (χ3v) is 4.37. The summed E-state index contributed by atoms with van der Waals surface area (Å²) in [5, 5.41) is 3.50. The number of hydrogen-bond acceptors (Lipinski definition) is 1. The zero-order valence-electron chi connectivity index (χ0n) is 12.1. The van der Waals surface area contributed by atoms with Crippen LogP contribution in [0.1, 0.15) is 65.2 Å². The second kappa shape index (κ2) is 7.92. The van der Waals surface area contributed by atoms with Gasteiger partial charge in [-0.15, -0.1) is 6.58 Å². The minimum Gasteiger partial charge on any atom is -0.316 e. The summed E-state index contributed by atoms with van der Waals surface area (Å²) >= 11 is 0. The van der Waals surface area contributed by atoms with Crippen molar-refractivity contribution < 1.29 is 0 Å². The van der Waals surface area contributed by atoms with E-state index in [1.54, 1.807) is 0 Å². The topological polar surface area (TPSA) is 12.0 Å². The summed E-state index contributed by atoms with van der Waals surface area (Å²) < 4.78 is 0. The predicted molar refractivity (Wildman–Crippen MR) is 77.3 cm³/mol. The molecule has 0 bridgehead atoms. The molecule has 1 heteroatoms. The van der Waals surface area contributed by atoms with E-state index in [4.69, 9.17) is 0 Å². The Kier molecular flexibility index (Phi) is 6.87. The zero-order chi connectivity index (χ0) is 12.7. The first-order chi connectivity index (χ1) is 8.17. The van der Waals surface area contributed by atoms with Gasteiger partial charge in [0, 0.05) is 6.04 Å². The Morgan fingerprint density at radius 1 is 1.29 bits per heavy atom. The lowest BCUT2D eigenvalue weighted by Crippen LogP contribution is -2.36. The molecule has 0 radical (unpaired) electrons. The number of rotatable bonds is 7. The molecular weight excluding hydrogens is 206 g/mol. The number of hydrogen-bond donors (Lipinski definition) is 1. The Labute approximate surface area is 108 Å². The average Bonchev–Trinajstić information content (AvgIpc) is 2.34. The zero-order valence-corrected chi connectivity index (χ0v) is 12.1. The lowest BCUT2D eigenvalue weighted by molar-refractivity contribution is 0.216. The van der Waals surface area contributed by atoms with Gasteiger partial charge in [-0.2, -0.15) is 0 Å². The van der Waals surface area contributed by atoms with E-state index in [9.17, 15) is 0 Å². The van der Waals surface area contributed by atoms with Crippen LogP contribution in [0.5, 0.6) is 0 Å². The monoisotopic (exact) mass is 237 g/mol. The first-order valence-electron chi connectivity index (χ1n) is 7.49. The molecule has 1 atom stereocenters. The Bertz CT molecular complexity index is 214. The molecule has 1 N–H and O–H groups in total. The van der Waals surface area contributed by atoms with Crippen molar-refractivity contribution in [3.05, 3.63) is 12.2 Å². The normalized spacial score (nSPS) is 26.8. The Morgan fingerprint density at radius 2 is 1.94 bits per heavy atom. The van der Waals surface area contributed by atoms with Crippen LogP contribution < -0.4 is 5.32 Å². The second-order valence-electron chi connectivity index (χ2n) is 5.98. The summed E-state index contributed by atoms with van der Waals surface area (Å²) in [6.07, 6.45) is 11.2. The van der Waals surface area contributed by atoms with Gasteiger partial charge in [-0.1, -0.05) is 44.6 Å². The van der Waals surface area contributed by atoms with Crippen LogP contribution >= 0.6 is 0 Å². The second-order valence-corrected chi connectivity index (χ2v) is 5.98. The lowest BCUT2D eigenvalue weighted by Gasteiger charge is -2.34. The lowest BCUT2D eigenvalue weighted by atomic mass is 9.76. The minimum atomic E-state index is 0.666. The Balaban J connectivity index is 2.31. The van der Waals surface area contributed by atoms with Crippen molar-refractivity contribution in [3.8, 4) is 0 Å². The van der Waals surface area contributed by atoms with Crippen molar-refractivity contribution in [1.82, 2.24) is 5.32 Å². The molecule has 1 aliphatic carbocycles. The molecular formula is C16H31N. The van der Waals surface area contributed by atoms with Crippen molar-refractivity contribution in [3.63, 3.8) is 0 Å². The van der Waals surface area contributed by atoms with Gasteiger partial charge in [0.1, 0.15) is 0 Å². The summed E-state index contributed by atoms with van der Waals surface area (Å²) in [7, 11) is 2.11. The van der Waals surface area contributed by atoms with Gasteiger partial charge in [-0.05, 0) is 45.1 Å². The summed E-state index contributed by atoms with van der Waals surface area (Å²) in [4.78, 5) is 0. The molecule has 0 spiro atoms. The molecule has 0 aromatic heterocycles. The van der Waals surface area contributed by atoms with Crippen LogP contribution in [-0.2, 0) is 0 Å². The molecule has 1 unspecified atom stereocenters. The summed E-state index contributed by atoms with van der Waals surface area (Å²) in [5.74, 6) is 1.91. The van der Waals surface area contributed by atoms with Crippen molar-refractivity contribution >= 4 is 0 Å². The molecule has 1 nitrogen and oxygen atoms in total. The molecule has 1 rings (SSSR count). The van der Waals surface area contributed by atoms with Gasteiger partial charge >= 0.3 is 0 Å². The van der Waals surface area contributed by atoms with Gasteiger partial charge < -0.3 is 5.32 Å². The highest BCUT2D eigenvalue weighted by Gasteiger charge is 2.26. The smallest absolute Gasteiger partial charge is 0.0129 e. The van der Waals surface area contributed by atoms with Crippen LogP contribution in [0.15, 0.2) is 12.2 Å². The Morgan fingerprint density at radius 3 is 2.41 bits per heavy atom. The maximum atomic E-state index is 4.05. The first-order valence-corrected chi connectivity index (χ1v) is 7.49. The molecule has 0 saturated heterocycles. The van der Waals surface area contributed by atoms with Crippen LogP contribution in [0, 0.1) is 11.8 Å². The van der Waals surface area contributed by atoms with Gasteiger partial charge in [0.05, 0.1) is 0 Å². The number of nitrogens with one attached hydrogen (secondary N) is 1. The molecule has 1 fully saturated rings. The van der Waals surface area contributed by atoms with E-state index in [0.29, 0.717) is 6.04 Å². The molecule has 0 aliphatic heterocycles. The SMILES string of the molecule is C=C(C)CC(NC)C1CCC(CCCC)CC1. The summed E-state index contributed by atoms with van der Waals surface area (Å²) in [6, 6.07) is 0.666. The van der Waals surface area contributed by atoms with Crippen LogP contribution in [0.2, 0.25) is 0 Å². The van der Waals surface area contributed by atoms with E-state index >= 15 is 0 Å². The molecule has 0 aromatic carbocycles. The highest BCUT2D eigenvalue weighted by atomic mass is 14.9. The van der Waals surface area contributed by atoms with Crippen molar-refractivity contribution in [2.24, 2.45) is 11.8 Å². The molecule has 1 aliphatic rings. The molecule has 0 heterocycles. The third-order valence-electron chi connectivity index (χ3n) is 4.37. The first kappa shape index (κ1) is 14.8. The van der Waals surface area contributed by atoms with E-state index < -0.39 is 0 Å². The van der Waals surface area contributed by atoms with E-state index in [-0.39, 0.29) is 0 Å². The van der Waals surface area contributed by atoms with Gasteiger partial charge in [0.25, 0.3) is 0 Å².